The van der Waals surface area contributed by atoms with Gasteiger partial charge in [-0.3, -0.25) is 4.55 Å². The summed E-state index contributed by atoms with van der Waals surface area (Å²) in [6, 6.07) is 14.5. The van der Waals surface area contributed by atoms with E-state index < -0.39 is 10.1 Å². The van der Waals surface area contributed by atoms with E-state index in [1.54, 1.807) is 46.4 Å². The minimum atomic E-state index is -4.32. The minimum absolute atomic E-state index is 0.0818. The average molecular weight is 829 g/mol. The van der Waals surface area contributed by atoms with Crippen molar-refractivity contribution < 1.29 is 13.0 Å². The Kier molecular flexibility index (Phi) is 10.0. The molecule has 4 heterocycles. The van der Waals surface area contributed by atoms with Crippen LogP contribution in [0.3, 0.4) is 0 Å². The fourth-order valence-corrected chi connectivity index (χ4v) is 10.8. The number of hydrogen-bond acceptors (Lipinski definition) is 6. The van der Waals surface area contributed by atoms with Crippen molar-refractivity contribution in [3.63, 3.8) is 0 Å². The van der Waals surface area contributed by atoms with Crippen LogP contribution in [0.4, 0.5) is 0 Å². The van der Waals surface area contributed by atoms with Gasteiger partial charge in [0.1, 0.15) is 4.21 Å². The second kappa shape index (κ2) is 14.6. The number of fused-ring (bicyclic) bond motifs is 6. The van der Waals surface area contributed by atoms with Crippen LogP contribution in [-0.2, 0) is 23.0 Å². The molecule has 2 aliphatic rings. The molecule has 266 valence electrons. The Morgan fingerprint density at radius 3 is 1.79 bits per heavy atom. The van der Waals surface area contributed by atoms with Gasteiger partial charge in [0.25, 0.3) is 0 Å². The van der Waals surface area contributed by atoms with Crippen LogP contribution in [0.25, 0.3) is 44.7 Å². The van der Waals surface area contributed by atoms with E-state index in [4.69, 9.17) is 56.6 Å². The third-order valence-electron chi connectivity index (χ3n) is 9.30. The molecule has 8 rings (SSSR count). The maximum absolute atomic E-state index is 11.9. The lowest BCUT2D eigenvalue weighted by atomic mass is 10.1. The van der Waals surface area contributed by atoms with E-state index >= 15 is 0 Å². The number of thiophene rings is 2. The molecule has 2 aromatic carbocycles. The lowest BCUT2D eigenvalue weighted by Crippen LogP contribution is -1.99. The largest absolute Gasteiger partial charge is 0.304 e. The van der Waals surface area contributed by atoms with E-state index in [2.05, 4.69) is 29.7 Å². The maximum Gasteiger partial charge on any atom is 0.304 e. The van der Waals surface area contributed by atoms with Crippen LogP contribution in [0.2, 0.25) is 20.1 Å². The smallest absolute Gasteiger partial charge is 0.281 e. The molecule has 0 spiro atoms. The first-order valence-corrected chi connectivity index (χ1v) is 21.4. The summed E-state index contributed by atoms with van der Waals surface area (Å²) in [6.45, 7) is 0. The highest BCUT2D eigenvalue weighted by Gasteiger charge is 2.33. The molecule has 14 heteroatoms. The molecule has 6 aromatic rings. The van der Waals surface area contributed by atoms with Crippen molar-refractivity contribution in [2.75, 3.05) is 0 Å². The number of nitrogens with zero attached hydrogens (tertiary/aromatic N) is 4. The summed E-state index contributed by atoms with van der Waals surface area (Å²) in [5.74, 6) is 0. The van der Waals surface area contributed by atoms with Crippen molar-refractivity contribution in [3.05, 3.63) is 120 Å². The van der Waals surface area contributed by atoms with Gasteiger partial charge >= 0.3 is 10.1 Å². The Bertz CT molecular complexity index is 2530. The molecular weight excluding hydrogens is 798 g/mol. The molecule has 0 bridgehead atoms. The lowest BCUT2D eigenvalue weighted by Gasteiger charge is -2.08. The molecule has 2 aliphatic carbocycles. The van der Waals surface area contributed by atoms with Crippen molar-refractivity contribution in [2.45, 2.75) is 55.6 Å². The first-order chi connectivity index (χ1) is 25.1. The van der Waals surface area contributed by atoms with Crippen LogP contribution >= 0.6 is 69.1 Å². The molecule has 1 N–H and O–H groups in total. The number of hydrogen-bond donors (Lipinski definition) is 1. The molecule has 0 radical (unpaired) electrons. The lowest BCUT2D eigenvalue weighted by molar-refractivity contribution is 0.485. The van der Waals surface area contributed by atoms with Crippen LogP contribution in [0, 0.1) is 0 Å². The Hall–Kier alpha value is -3.19. The third kappa shape index (κ3) is 6.84. The van der Waals surface area contributed by atoms with Crippen LogP contribution < -0.4 is 0 Å². The van der Waals surface area contributed by atoms with Gasteiger partial charge in [-0.25, -0.2) is 9.36 Å². The molecule has 52 heavy (non-hydrogen) atoms. The first kappa shape index (κ1) is 35.8. The van der Waals surface area contributed by atoms with Crippen molar-refractivity contribution in [3.8, 4) is 32.5 Å². The number of halogens is 4. The zero-order valence-electron chi connectivity index (χ0n) is 27.5. The van der Waals surface area contributed by atoms with Crippen molar-refractivity contribution in [2.24, 2.45) is 0 Å². The Labute approximate surface area is 329 Å². The van der Waals surface area contributed by atoms with Gasteiger partial charge in [0.15, 0.2) is 0 Å². The molecular formula is C38H30Cl4N4O3S3. The zero-order valence-corrected chi connectivity index (χ0v) is 32.9. The van der Waals surface area contributed by atoms with Gasteiger partial charge in [-0.15, -0.1) is 22.7 Å². The first-order valence-electron chi connectivity index (χ1n) is 16.7. The van der Waals surface area contributed by atoms with Gasteiger partial charge in [-0.05, 0) is 103 Å². The Morgan fingerprint density at radius 2 is 1.25 bits per heavy atom. The number of unbranched alkanes of at least 4 members (excludes halogenated alkanes) is 5. The fraction of sp³-hybridized carbons (Fsp3) is 0.211. The highest BCUT2D eigenvalue weighted by atomic mass is 35.5. The molecule has 0 unspecified atom stereocenters. The quantitative estimate of drug-likeness (QED) is 0.0978. The van der Waals surface area contributed by atoms with E-state index in [0.29, 0.717) is 32.2 Å². The standard InChI is InChI=1S/C38H30Cl4N4O3S3/c39-24-11-13-32(28(41)20-24)45-35-26(17-22-15-16-50-37(22)35)30(43-45)9-7-5-3-1-2-4-6-8-10-31-27-18-23-19-34(52(47,48)49)51-38(23)36(27)46(44-31)33-14-12-25(40)21-29(33)42/h7-16,19-21H,1-6,17-18H2,(H,47,48,49)/b9-7+,10-8+. The SMILES string of the molecule is O=S(=O)(O)c1cc2c(s1)-c1c(c(/C=C/CCCCCC/C=C/c3nn(-c4ccc(Cl)cc4Cl)c4c3Cc3ccsc3-4)nn1-c1ccc(Cl)cc1Cl)C2. The highest BCUT2D eigenvalue weighted by Crippen LogP contribution is 2.47. The molecule has 0 aliphatic heterocycles. The molecule has 0 fully saturated rings. The minimum Gasteiger partial charge on any atom is -0.281 e. The Morgan fingerprint density at radius 1 is 0.712 bits per heavy atom. The second-order valence-corrected chi connectivity index (χ2v) is 18.1. The van der Waals surface area contributed by atoms with Crippen LogP contribution in [-0.4, -0.2) is 32.5 Å². The van der Waals surface area contributed by atoms with Crippen LogP contribution in [0.15, 0.2) is 70.3 Å². The summed E-state index contributed by atoms with van der Waals surface area (Å²) < 4.78 is 37.0. The van der Waals surface area contributed by atoms with Gasteiger partial charge in [0.2, 0.25) is 0 Å². The van der Waals surface area contributed by atoms with Crippen molar-refractivity contribution in [1.29, 1.82) is 0 Å². The summed E-state index contributed by atoms with van der Waals surface area (Å²) in [6.07, 6.45) is 16.2. The summed E-state index contributed by atoms with van der Waals surface area (Å²) in [5.41, 5.74) is 9.57. The van der Waals surface area contributed by atoms with Crippen molar-refractivity contribution in [1.82, 2.24) is 19.6 Å². The predicted molar refractivity (Wildman–Crippen MR) is 215 cm³/mol. The number of allylic oxidation sites excluding steroid dienone is 2. The van der Waals surface area contributed by atoms with Gasteiger partial charge in [0.05, 0.1) is 54.0 Å². The normalized spacial score (nSPS) is 13.4. The highest BCUT2D eigenvalue weighted by molar-refractivity contribution is 7.88. The maximum atomic E-state index is 11.9. The molecule has 0 atom stereocenters. The van der Waals surface area contributed by atoms with E-state index in [-0.39, 0.29) is 4.21 Å². The Balaban J connectivity index is 0.889. The summed E-state index contributed by atoms with van der Waals surface area (Å²) >= 11 is 28.3. The summed E-state index contributed by atoms with van der Waals surface area (Å²) in [7, 11) is -4.32. The van der Waals surface area contributed by atoms with Gasteiger partial charge < -0.3 is 0 Å². The second-order valence-electron chi connectivity index (χ2n) is 12.8. The van der Waals surface area contributed by atoms with E-state index in [0.717, 1.165) is 101 Å². The fourth-order valence-electron chi connectivity index (χ4n) is 6.87. The number of benzene rings is 2. The number of aromatic nitrogens is 4. The topological polar surface area (TPSA) is 90.0 Å². The third-order valence-corrected chi connectivity index (χ3v) is 13.8. The predicted octanol–water partition coefficient (Wildman–Crippen LogP) is 12.3. The summed E-state index contributed by atoms with van der Waals surface area (Å²) in [5, 5.41) is 14.1. The monoisotopic (exact) mass is 826 g/mol. The van der Waals surface area contributed by atoms with Gasteiger partial charge in [-0.2, -0.15) is 18.6 Å². The van der Waals surface area contributed by atoms with Crippen LogP contribution in [0.5, 0.6) is 0 Å². The van der Waals surface area contributed by atoms with Gasteiger partial charge in [0, 0.05) is 34.0 Å². The van der Waals surface area contributed by atoms with E-state index in [9.17, 15) is 13.0 Å². The number of rotatable bonds is 12. The molecule has 7 nitrogen and oxygen atoms in total. The van der Waals surface area contributed by atoms with E-state index in [1.807, 2.05) is 22.9 Å². The average Bonchev–Trinajstić information content (AvgIpc) is 3.92. The van der Waals surface area contributed by atoms with Crippen LogP contribution in [0.1, 0.15) is 72.2 Å². The summed E-state index contributed by atoms with van der Waals surface area (Å²) in [4.78, 5) is 2.01. The molecule has 0 saturated carbocycles. The zero-order chi connectivity index (χ0) is 36.1. The molecule has 0 amide bonds. The molecule has 4 aromatic heterocycles. The van der Waals surface area contributed by atoms with Gasteiger partial charge in [-0.1, -0.05) is 71.4 Å². The van der Waals surface area contributed by atoms with Crippen molar-refractivity contribution >= 4 is 91.3 Å². The molecule has 0 saturated heterocycles. The van der Waals surface area contributed by atoms with E-state index in [1.165, 1.54) is 16.0 Å².